The number of hydrogen-bond donors (Lipinski definition) is 2. The van der Waals surface area contributed by atoms with Crippen LogP contribution in [0.2, 0.25) is 0 Å². The van der Waals surface area contributed by atoms with Crippen molar-refractivity contribution in [2.24, 2.45) is 0 Å². The summed E-state index contributed by atoms with van der Waals surface area (Å²) in [4.78, 5) is 15.8. The molecule has 2 aromatic carbocycles. The van der Waals surface area contributed by atoms with Crippen LogP contribution in [0.1, 0.15) is 43.6 Å². The van der Waals surface area contributed by atoms with Gasteiger partial charge in [0.05, 0.1) is 13.2 Å². The van der Waals surface area contributed by atoms with Crippen molar-refractivity contribution in [3.63, 3.8) is 0 Å². The summed E-state index contributed by atoms with van der Waals surface area (Å²) in [7, 11) is 1.61. The van der Waals surface area contributed by atoms with Crippen molar-refractivity contribution in [3.05, 3.63) is 48.0 Å². The van der Waals surface area contributed by atoms with Gasteiger partial charge in [0.1, 0.15) is 12.4 Å². The molecular formula is C26H34N2O5. The van der Waals surface area contributed by atoms with E-state index in [0.29, 0.717) is 30.3 Å². The maximum absolute atomic E-state index is 11.8. The monoisotopic (exact) mass is 454 g/mol. The van der Waals surface area contributed by atoms with Crippen LogP contribution in [0, 0.1) is 0 Å². The highest BCUT2D eigenvalue weighted by Gasteiger charge is 2.24. The Bertz CT molecular complexity index is 929. The molecule has 33 heavy (non-hydrogen) atoms. The van der Waals surface area contributed by atoms with E-state index in [-0.39, 0.29) is 12.0 Å². The van der Waals surface area contributed by atoms with Gasteiger partial charge in [-0.15, -0.1) is 0 Å². The largest absolute Gasteiger partial charge is 0.508 e. The number of aliphatic hydroxyl groups is 1. The van der Waals surface area contributed by atoms with Crippen LogP contribution in [-0.2, 0) is 4.79 Å². The van der Waals surface area contributed by atoms with Gasteiger partial charge in [-0.2, -0.15) is 0 Å². The van der Waals surface area contributed by atoms with Gasteiger partial charge in [-0.25, -0.2) is 0 Å². The first-order valence-corrected chi connectivity index (χ1v) is 11.8. The summed E-state index contributed by atoms with van der Waals surface area (Å²) in [5.74, 6) is 2.64. The SMILES string of the molecule is COc1cc(N2CCCC2=O)ccc1OCCN1CCC(O)C1.Oc1ccc(C2CC2)cc1. The van der Waals surface area contributed by atoms with Crippen LogP contribution in [0.5, 0.6) is 17.2 Å². The van der Waals surface area contributed by atoms with Gasteiger partial charge in [-0.1, -0.05) is 12.1 Å². The molecular weight excluding hydrogens is 420 g/mol. The van der Waals surface area contributed by atoms with E-state index in [4.69, 9.17) is 14.6 Å². The number of phenolic OH excluding ortho intramolecular Hbond substituents is 1. The predicted octanol–water partition coefficient (Wildman–Crippen LogP) is 3.54. The number of likely N-dealkylation sites (tertiary alicyclic amines) is 1. The summed E-state index contributed by atoms with van der Waals surface area (Å²) in [5.41, 5.74) is 2.23. The Hall–Kier alpha value is -2.77. The normalized spacial score (nSPS) is 20.5. The Balaban J connectivity index is 0.000000214. The first-order chi connectivity index (χ1) is 16.0. The molecule has 0 spiro atoms. The number of aliphatic hydroxyl groups excluding tert-OH is 1. The molecule has 2 heterocycles. The lowest BCUT2D eigenvalue weighted by Gasteiger charge is -2.19. The van der Waals surface area contributed by atoms with Crippen molar-refractivity contribution < 1.29 is 24.5 Å². The van der Waals surface area contributed by atoms with E-state index in [0.717, 1.165) is 50.6 Å². The molecule has 1 unspecified atom stereocenters. The van der Waals surface area contributed by atoms with Crippen LogP contribution in [-0.4, -0.2) is 67.0 Å². The Kier molecular flexibility index (Phi) is 7.73. The summed E-state index contributed by atoms with van der Waals surface area (Å²) in [6.45, 7) is 3.73. The standard InChI is InChI=1S/C17H24N2O4.C9H10O/c1-22-16-11-13(19-7-2-3-17(19)21)4-5-15(16)23-10-9-18-8-6-14(20)12-18;10-9-5-3-8(4-6-9)7-1-2-7/h4-5,11,14,20H,2-3,6-10,12H2,1H3;3-7,10H,1-2H2. The number of β-amino-alcohol motifs (C(OH)–C–C–N with tert-alkyl or cyclic N) is 1. The van der Waals surface area contributed by atoms with Crippen molar-refractivity contribution in [1.29, 1.82) is 0 Å². The molecule has 3 fully saturated rings. The molecule has 1 saturated carbocycles. The van der Waals surface area contributed by atoms with Gasteiger partial charge in [0.25, 0.3) is 0 Å². The molecule has 0 aromatic heterocycles. The van der Waals surface area contributed by atoms with E-state index in [1.165, 1.54) is 18.4 Å². The van der Waals surface area contributed by atoms with Crippen molar-refractivity contribution >= 4 is 11.6 Å². The topological polar surface area (TPSA) is 82.5 Å². The number of nitrogens with zero attached hydrogens (tertiary/aromatic N) is 2. The molecule has 3 aliphatic rings. The Morgan fingerprint density at radius 2 is 1.82 bits per heavy atom. The maximum atomic E-state index is 11.8. The van der Waals surface area contributed by atoms with Crippen molar-refractivity contribution in [2.75, 3.05) is 44.8 Å². The Morgan fingerprint density at radius 3 is 2.42 bits per heavy atom. The average Bonchev–Trinajstić information content (AvgIpc) is 3.45. The first kappa shape index (κ1) is 23.4. The summed E-state index contributed by atoms with van der Waals surface area (Å²) in [6, 6.07) is 13.2. The minimum Gasteiger partial charge on any atom is -0.508 e. The minimum absolute atomic E-state index is 0.160. The molecule has 7 nitrogen and oxygen atoms in total. The number of ether oxygens (including phenoxy) is 2. The highest BCUT2D eigenvalue weighted by atomic mass is 16.5. The average molecular weight is 455 g/mol. The van der Waals surface area contributed by atoms with Gasteiger partial charge >= 0.3 is 0 Å². The Morgan fingerprint density at radius 1 is 1.03 bits per heavy atom. The molecule has 1 atom stereocenters. The molecule has 0 bridgehead atoms. The van der Waals surface area contributed by atoms with E-state index < -0.39 is 0 Å². The van der Waals surface area contributed by atoms with Gasteiger partial charge in [0.15, 0.2) is 11.5 Å². The fourth-order valence-electron chi connectivity index (χ4n) is 4.33. The third-order valence-electron chi connectivity index (χ3n) is 6.39. The summed E-state index contributed by atoms with van der Waals surface area (Å²) in [6.07, 6.45) is 4.79. The smallest absolute Gasteiger partial charge is 0.227 e. The second kappa shape index (κ2) is 10.9. The van der Waals surface area contributed by atoms with Crippen molar-refractivity contribution in [1.82, 2.24) is 4.90 Å². The number of carbonyl (C=O) groups is 1. The first-order valence-electron chi connectivity index (χ1n) is 11.8. The zero-order valence-corrected chi connectivity index (χ0v) is 19.3. The van der Waals surface area contributed by atoms with E-state index in [2.05, 4.69) is 4.90 Å². The van der Waals surface area contributed by atoms with Crippen LogP contribution in [0.4, 0.5) is 5.69 Å². The molecule has 5 rings (SSSR count). The quantitative estimate of drug-likeness (QED) is 0.666. The zero-order chi connectivity index (χ0) is 23.2. The van der Waals surface area contributed by atoms with E-state index in [1.807, 2.05) is 30.3 Å². The third kappa shape index (κ3) is 6.39. The fraction of sp³-hybridized carbons (Fsp3) is 0.500. The number of anilines is 1. The molecule has 2 saturated heterocycles. The predicted molar refractivity (Wildman–Crippen MR) is 127 cm³/mol. The summed E-state index contributed by atoms with van der Waals surface area (Å²) in [5, 5.41) is 18.5. The lowest BCUT2D eigenvalue weighted by Crippen LogP contribution is -2.27. The molecule has 2 N–H and O–H groups in total. The number of carbonyl (C=O) groups excluding carboxylic acids is 1. The minimum atomic E-state index is -0.207. The van der Waals surface area contributed by atoms with Crippen molar-refractivity contribution in [3.8, 4) is 17.2 Å². The highest BCUT2D eigenvalue weighted by molar-refractivity contribution is 5.95. The second-order valence-corrected chi connectivity index (χ2v) is 8.94. The molecule has 2 aliphatic heterocycles. The number of phenols is 1. The van der Waals surface area contributed by atoms with Crippen LogP contribution in [0.25, 0.3) is 0 Å². The number of benzene rings is 2. The number of amides is 1. The van der Waals surface area contributed by atoms with Gasteiger partial charge in [-0.3, -0.25) is 9.69 Å². The Labute approximate surface area is 195 Å². The van der Waals surface area contributed by atoms with Gasteiger partial charge in [-0.05, 0) is 61.4 Å². The number of hydrogen-bond acceptors (Lipinski definition) is 6. The van der Waals surface area contributed by atoms with Crippen LogP contribution in [0.15, 0.2) is 42.5 Å². The van der Waals surface area contributed by atoms with Crippen molar-refractivity contribution in [2.45, 2.75) is 44.1 Å². The highest BCUT2D eigenvalue weighted by Crippen LogP contribution is 2.40. The number of methoxy groups -OCH3 is 1. The summed E-state index contributed by atoms with van der Waals surface area (Å²) >= 11 is 0. The van der Waals surface area contributed by atoms with E-state index >= 15 is 0 Å². The molecule has 1 aliphatic carbocycles. The van der Waals surface area contributed by atoms with Crippen LogP contribution < -0.4 is 14.4 Å². The summed E-state index contributed by atoms with van der Waals surface area (Å²) < 4.78 is 11.2. The molecule has 1 amide bonds. The third-order valence-corrected chi connectivity index (χ3v) is 6.39. The molecule has 0 radical (unpaired) electrons. The number of aromatic hydroxyl groups is 1. The second-order valence-electron chi connectivity index (χ2n) is 8.94. The lowest BCUT2D eigenvalue weighted by atomic mass is 10.1. The zero-order valence-electron chi connectivity index (χ0n) is 19.3. The van der Waals surface area contributed by atoms with Gasteiger partial charge < -0.3 is 24.6 Å². The lowest BCUT2D eigenvalue weighted by molar-refractivity contribution is -0.117. The van der Waals surface area contributed by atoms with Crippen LogP contribution in [0.3, 0.4) is 0 Å². The molecule has 2 aromatic rings. The number of rotatable bonds is 7. The van der Waals surface area contributed by atoms with Crippen LogP contribution >= 0.6 is 0 Å². The van der Waals surface area contributed by atoms with Gasteiger partial charge in [0.2, 0.25) is 5.91 Å². The van der Waals surface area contributed by atoms with Gasteiger partial charge in [0, 0.05) is 44.4 Å². The van der Waals surface area contributed by atoms with E-state index in [9.17, 15) is 9.90 Å². The fourth-order valence-corrected chi connectivity index (χ4v) is 4.33. The maximum Gasteiger partial charge on any atom is 0.227 e. The van der Waals surface area contributed by atoms with E-state index in [1.54, 1.807) is 24.1 Å². The molecule has 7 heteroatoms. The molecule has 178 valence electrons.